The average Bonchev–Trinajstić information content (AvgIpc) is 2.84. The molecule has 3 rings (SSSR count). The summed E-state index contributed by atoms with van der Waals surface area (Å²) in [6.07, 6.45) is 4.98. The van der Waals surface area contributed by atoms with Gasteiger partial charge in [0, 0.05) is 12.1 Å². The minimum Gasteiger partial charge on any atom is -0.349 e. The zero-order valence-electron chi connectivity index (χ0n) is 11.8. The van der Waals surface area contributed by atoms with Gasteiger partial charge >= 0.3 is 0 Å². The number of sulfone groups is 1. The quantitative estimate of drug-likeness (QED) is 0.851. The first-order valence-electron chi connectivity index (χ1n) is 6.93. The molecule has 1 aliphatic rings. The first-order valence-corrected chi connectivity index (χ1v) is 8.75. The second-order valence-corrected chi connectivity index (χ2v) is 7.45. The van der Waals surface area contributed by atoms with E-state index in [0.29, 0.717) is 12.1 Å². The molecule has 1 amide bonds. The molecule has 1 N–H and O–H groups in total. The number of nitrogens with zero attached hydrogens (tertiary/aromatic N) is 2. The van der Waals surface area contributed by atoms with Gasteiger partial charge in [-0.1, -0.05) is 12.1 Å². The minimum absolute atomic E-state index is 0.0162. The van der Waals surface area contributed by atoms with Crippen molar-refractivity contribution >= 4 is 32.9 Å². The van der Waals surface area contributed by atoms with Crippen molar-refractivity contribution in [3.05, 3.63) is 42.2 Å². The van der Waals surface area contributed by atoms with Gasteiger partial charge in [-0.3, -0.25) is 9.78 Å². The highest BCUT2D eigenvalue weighted by molar-refractivity contribution is 7.91. The van der Waals surface area contributed by atoms with E-state index >= 15 is 0 Å². The smallest absolute Gasteiger partial charge is 0.244 e. The van der Waals surface area contributed by atoms with Crippen LogP contribution in [0.15, 0.2) is 36.5 Å². The van der Waals surface area contributed by atoms with Crippen molar-refractivity contribution in [1.82, 2.24) is 15.3 Å². The van der Waals surface area contributed by atoms with E-state index in [1.807, 2.05) is 24.3 Å². The molecule has 0 saturated carbocycles. The van der Waals surface area contributed by atoms with Gasteiger partial charge in [0.15, 0.2) is 9.84 Å². The van der Waals surface area contributed by atoms with E-state index in [2.05, 4.69) is 15.3 Å². The Labute approximate surface area is 128 Å². The lowest BCUT2D eigenvalue weighted by molar-refractivity contribution is -0.116. The predicted octanol–water partition coefficient (Wildman–Crippen LogP) is 0.946. The number of para-hydroxylation sites is 2. The molecule has 0 spiro atoms. The highest BCUT2D eigenvalue weighted by Gasteiger charge is 2.28. The first kappa shape index (κ1) is 14.6. The lowest BCUT2D eigenvalue weighted by Crippen LogP contribution is -2.34. The molecule has 0 bridgehead atoms. The van der Waals surface area contributed by atoms with Crippen LogP contribution in [0.1, 0.15) is 12.1 Å². The van der Waals surface area contributed by atoms with Gasteiger partial charge in [-0.25, -0.2) is 13.4 Å². The number of benzene rings is 1. The molecule has 1 fully saturated rings. The topological polar surface area (TPSA) is 89.0 Å². The van der Waals surface area contributed by atoms with Crippen LogP contribution < -0.4 is 5.32 Å². The lowest BCUT2D eigenvalue weighted by atomic mass is 10.2. The van der Waals surface area contributed by atoms with Crippen molar-refractivity contribution < 1.29 is 13.2 Å². The fourth-order valence-electron chi connectivity index (χ4n) is 2.37. The number of amides is 1. The summed E-state index contributed by atoms with van der Waals surface area (Å²) in [7, 11) is -2.99. The van der Waals surface area contributed by atoms with Crippen LogP contribution in [0.3, 0.4) is 0 Å². The summed E-state index contributed by atoms with van der Waals surface area (Å²) in [4.78, 5) is 20.4. The highest BCUT2D eigenvalue weighted by Crippen LogP contribution is 2.12. The zero-order chi connectivity index (χ0) is 15.6. The predicted molar refractivity (Wildman–Crippen MR) is 83.8 cm³/mol. The van der Waals surface area contributed by atoms with Crippen LogP contribution in [0.4, 0.5) is 0 Å². The van der Waals surface area contributed by atoms with Gasteiger partial charge in [-0.05, 0) is 24.6 Å². The van der Waals surface area contributed by atoms with E-state index in [0.717, 1.165) is 11.0 Å². The summed E-state index contributed by atoms with van der Waals surface area (Å²) < 4.78 is 22.7. The molecule has 2 aromatic rings. The third kappa shape index (κ3) is 3.48. The Kier molecular flexibility index (Phi) is 3.89. The normalized spacial score (nSPS) is 20.5. The molecule has 1 aromatic carbocycles. The molecule has 0 radical (unpaired) electrons. The van der Waals surface area contributed by atoms with Crippen molar-refractivity contribution in [2.75, 3.05) is 11.5 Å². The van der Waals surface area contributed by atoms with Crippen LogP contribution in [0, 0.1) is 0 Å². The number of carbonyl (C=O) groups is 1. The number of fused-ring (bicyclic) bond motifs is 1. The maximum atomic E-state index is 11.8. The van der Waals surface area contributed by atoms with Crippen molar-refractivity contribution in [1.29, 1.82) is 0 Å². The number of hydrogen-bond donors (Lipinski definition) is 1. The van der Waals surface area contributed by atoms with Crippen molar-refractivity contribution in [2.45, 2.75) is 12.5 Å². The molecule has 2 heterocycles. The molecule has 0 aliphatic carbocycles. The van der Waals surface area contributed by atoms with Gasteiger partial charge in [0.2, 0.25) is 5.91 Å². The molecule has 0 unspecified atom stereocenters. The largest absolute Gasteiger partial charge is 0.349 e. The summed E-state index contributed by atoms with van der Waals surface area (Å²) >= 11 is 0. The maximum Gasteiger partial charge on any atom is 0.244 e. The third-order valence-corrected chi connectivity index (χ3v) is 5.22. The SMILES string of the molecule is O=C(/C=C/c1cnc2ccccc2n1)N[C@H]1CCS(=O)(=O)C1. The van der Waals surface area contributed by atoms with Gasteiger partial charge in [0.05, 0.1) is 34.4 Å². The Balaban J connectivity index is 1.66. The summed E-state index contributed by atoms with van der Waals surface area (Å²) in [5.74, 6) is -0.169. The first-order chi connectivity index (χ1) is 10.5. The third-order valence-electron chi connectivity index (χ3n) is 3.45. The molecule has 1 aliphatic heterocycles. The number of rotatable bonds is 3. The van der Waals surface area contributed by atoms with Gasteiger partial charge in [0.25, 0.3) is 0 Å². The second-order valence-electron chi connectivity index (χ2n) is 5.23. The summed E-state index contributed by atoms with van der Waals surface area (Å²) in [5.41, 5.74) is 2.13. The van der Waals surface area contributed by atoms with Crippen LogP contribution in [0.5, 0.6) is 0 Å². The number of carbonyl (C=O) groups excluding carboxylic acids is 1. The monoisotopic (exact) mass is 317 g/mol. The number of nitrogens with one attached hydrogen (secondary N) is 1. The molecular formula is C15H15N3O3S. The van der Waals surface area contributed by atoms with Crippen LogP contribution in [-0.4, -0.2) is 41.8 Å². The molecule has 7 heteroatoms. The van der Waals surface area contributed by atoms with Gasteiger partial charge < -0.3 is 5.32 Å². The molecule has 1 atom stereocenters. The Bertz CT molecular complexity index is 846. The standard InChI is InChI=1S/C15H15N3O3S/c19-15(18-12-7-8-22(20,21)10-12)6-5-11-9-16-13-3-1-2-4-14(13)17-11/h1-6,9,12H,7-8,10H2,(H,18,19)/b6-5+/t12-/m0/s1. The molecule has 1 aromatic heterocycles. The van der Waals surface area contributed by atoms with E-state index in [9.17, 15) is 13.2 Å². The van der Waals surface area contributed by atoms with E-state index in [-0.39, 0.29) is 23.5 Å². The Morgan fingerprint density at radius 2 is 2.05 bits per heavy atom. The molecule has 1 saturated heterocycles. The summed E-state index contributed by atoms with van der Waals surface area (Å²) in [6.45, 7) is 0. The van der Waals surface area contributed by atoms with Crippen LogP contribution >= 0.6 is 0 Å². The summed E-state index contributed by atoms with van der Waals surface area (Å²) in [6, 6.07) is 7.17. The van der Waals surface area contributed by atoms with Gasteiger partial charge in [0.1, 0.15) is 0 Å². The van der Waals surface area contributed by atoms with E-state index in [1.165, 1.54) is 6.08 Å². The van der Waals surface area contributed by atoms with Crippen LogP contribution in [0.25, 0.3) is 17.1 Å². The molecule has 22 heavy (non-hydrogen) atoms. The second kappa shape index (κ2) is 5.84. The van der Waals surface area contributed by atoms with Crippen molar-refractivity contribution in [2.24, 2.45) is 0 Å². The molecule has 114 valence electrons. The summed E-state index contributed by atoms with van der Waals surface area (Å²) in [5, 5.41) is 2.69. The van der Waals surface area contributed by atoms with Gasteiger partial charge in [-0.15, -0.1) is 0 Å². The fourth-order valence-corrected chi connectivity index (χ4v) is 4.04. The maximum absolute atomic E-state index is 11.8. The average molecular weight is 317 g/mol. The number of aromatic nitrogens is 2. The molecule has 6 nitrogen and oxygen atoms in total. The zero-order valence-corrected chi connectivity index (χ0v) is 12.6. The molecular weight excluding hydrogens is 302 g/mol. The van der Waals surface area contributed by atoms with Crippen LogP contribution in [0.2, 0.25) is 0 Å². The van der Waals surface area contributed by atoms with E-state index in [1.54, 1.807) is 12.3 Å². The van der Waals surface area contributed by atoms with E-state index in [4.69, 9.17) is 0 Å². The Hall–Kier alpha value is -2.28. The fraction of sp³-hybridized carbons (Fsp3) is 0.267. The lowest BCUT2D eigenvalue weighted by Gasteiger charge is -2.07. The Morgan fingerprint density at radius 3 is 2.77 bits per heavy atom. The minimum atomic E-state index is -2.99. The number of hydrogen-bond acceptors (Lipinski definition) is 5. The van der Waals surface area contributed by atoms with Crippen molar-refractivity contribution in [3.8, 4) is 0 Å². The Morgan fingerprint density at radius 1 is 1.27 bits per heavy atom. The van der Waals surface area contributed by atoms with Crippen LogP contribution in [-0.2, 0) is 14.6 Å². The van der Waals surface area contributed by atoms with Crippen molar-refractivity contribution in [3.63, 3.8) is 0 Å². The van der Waals surface area contributed by atoms with Gasteiger partial charge in [-0.2, -0.15) is 0 Å². The highest BCUT2D eigenvalue weighted by atomic mass is 32.2. The van der Waals surface area contributed by atoms with E-state index < -0.39 is 9.84 Å².